The zero-order valence-electron chi connectivity index (χ0n) is 6.48. The molecule has 0 radical (unpaired) electrons. The molecule has 2 heteroatoms. The minimum absolute atomic E-state index is 0.599. The van der Waals surface area contributed by atoms with E-state index in [-0.39, 0.29) is 0 Å². The van der Waals surface area contributed by atoms with Crippen molar-refractivity contribution in [2.75, 3.05) is 0 Å². The number of rotatable bonds is 2. The Morgan fingerprint density at radius 2 is 1.44 bits per heavy atom. The minimum Gasteiger partial charge on any atom is -0.224 e. The monoisotopic (exact) mass is 239 g/mol. The van der Waals surface area contributed by atoms with Crippen molar-refractivity contribution >= 4 is 28.6 Å². The summed E-state index contributed by atoms with van der Waals surface area (Å²) < 4.78 is 4.17. The molecule has 0 aromatic heterocycles. The molecule has 54 valence electrons. The van der Waals surface area contributed by atoms with E-state index >= 15 is 0 Å². The molecule has 0 rings (SSSR count). The fourth-order valence-corrected chi connectivity index (χ4v) is 1.98. The van der Waals surface area contributed by atoms with Crippen LogP contribution in [0.4, 0.5) is 0 Å². The molecular formula is C7H14IN. The fourth-order valence-electron chi connectivity index (χ4n) is 0.862. The highest BCUT2D eigenvalue weighted by Crippen LogP contribution is 2.09. The topological polar surface area (TPSA) is 12.4 Å². The largest absolute Gasteiger partial charge is 0.224 e. The summed E-state index contributed by atoms with van der Waals surface area (Å²) in [6.07, 6.45) is 0. The van der Waals surface area contributed by atoms with Crippen LogP contribution in [0.3, 0.4) is 0 Å². The Kier molecular flexibility index (Phi) is 4.44. The molecular weight excluding hydrogens is 225 g/mol. The summed E-state index contributed by atoms with van der Waals surface area (Å²) in [7, 11) is 0. The van der Waals surface area contributed by atoms with Crippen LogP contribution < -0.4 is 0 Å². The lowest BCUT2D eigenvalue weighted by molar-refractivity contribution is 0.770. The van der Waals surface area contributed by atoms with Crippen LogP contribution in [0.5, 0.6) is 0 Å². The normalized spacial score (nSPS) is 10.6. The Balaban J connectivity index is 4.01. The standard InChI is InChI=1S/C7H14IN/c1-5(2)7(9-8)6(3)4/h5-6H,1-4H3. The lowest BCUT2D eigenvalue weighted by Crippen LogP contribution is -2.13. The lowest BCUT2D eigenvalue weighted by Gasteiger charge is -2.10. The van der Waals surface area contributed by atoms with Gasteiger partial charge in [-0.25, -0.2) is 3.21 Å². The first-order valence-corrected chi connectivity index (χ1v) is 4.24. The van der Waals surface area contributed by atoms with E-state index in [0.717, 1.165) is 0 Å². The third kappa shape index (κ3) is 3.18. The maximum absolute atomic E-state index is 4.17. The molecule has 0 amide bonds. The van der Waals surface area contributed by atoms with Gasteiger partial charge in [-0.2, -0.15) is 0 Å². The van der Waals surface area contributed by atoms with Crippen molar-refractivity contribution in [3.63, 3.8) is 0 Å². The molecule has 0 atom stereocenters. The van der Waals surface area contributed by atoms with Crippen LogP contribution in [-0.4, -0.2) is 5.71 Å². The predicted molar refractivity (Wildman–Crippen MR) is 51.1 cm³/mol. The van der Waals surface area contributed by atoms with E-state index in [4.69, 9.17) is 0 Å². The molecule has 0 spiro atoms. The maximum Gasteiger partial charge on any atom is 0.0830 e. The first-order valence-electron chi connectivity index (χ1n) is 3.28. The molecule has 9 heavy (non-hydrogen) atoms. The Morgan fingerprint density at radius 3 is 1.44 bits per heavy atom. The van der Waals surface area contributed by atoms with Crippen LogP contribution in [0, 0.1) is 11.8 Å². The van der Waals surface area contributed by atoms with Gasteiger partial charge in [0, 0.05) is 5.71 Å². The fraction of sp³-hybridized carbons (Fsp3) is 0.857. The van der Waals surface area contributed by atoms with E-state index in [2.05, 4.69) is 53.8 Å². The Hall–Kier alpha value is 0.400. The van der Waals surface area contributed by atoms with Gasteiger partial charge in [-0.1, -0.05) is 27.7 Å². The van der Waals surface area contributed by atoms with E-state index in [0.29, 0.717) is 11.8 Å². The lowest BCUT2D eigenvalue weighted by atomic mass is 9.98. The zero-order chi connectivity index (χ0) is 7.44. The summed E-state index contributed by atoms with van der Waals surface area (Å²) >= 11 is 2.07. The van der Waals surface area contributed by atoms with Crippen molar-refractivity contribution in [1.29, 1.82) is 0 Å². The Morgan fingerprint density at radius 1 is 1.11 bits per heavy atom. The van der Waals surface area contributed by atoms with Crippen LogP contribution in [0.15, 0.2) is 3.21 Å². The van der Waals surface area contributed by atoms with Crippen LogP contribution in [0.1, 0.15) is 27.7 Å². The van der Waals surface area contributed by atoms with Gasteiger partial charge in [0.1, 0.15) is 0 Å². The van der Waals surface area contributed by atoms with Gasteiger partial charge >= 0.3 is 0 Å². The van der Waals surface area contributed by atoms with Gasteiger partial charge in [0.15, 0.2) is 0 Å². The van der Waals surface area contributed by atoms with Crippen molar-refractivity contribution < 1.29 is 0 Å². The summed E-state index contributed by atoms with van der Waals surface area (Å²) in [5.74, 6) is 1.20. The zero-order valence-corrected chi connectivity index (χ0v) is 8.64. The summed E-state index contributed by atoms with van der Waals surface area (Å²) in [6.45, 7) is 8.71. The molecule has 0 aliphatic rings. The summed E-state index contributed by atoms with van der Waals surface area (Å²) in [5, 5.41) is 0. The SMILES string of the molecule is CC(C)C(=NI)C(C)C. The van der Waals surface area contributed by atoms with Crippen LogP contribution in [-0.2, 0) is 0 Å². The van der Waals surface area contributed by atoms with Gasteiger partial charge in [-0.05, 0) is 11.8 Å². The Bertz CT molecular complexity index is 95.5. The molecule has 0 saturated carbocycles. The van der Waals surface area contributed by atoms with Gasteiger partial charge < -0.3 is 0 Å². The van der Waals surface area contributed by atoms with Crippen LogP contribution in [0.25, 0.3) is 0 Å². The molecule has 0 aliphatic heterocycles. The molecule has 0 N–H and O–H groups in total. The van der Waals surface area contributed by atoms with Crippen LogP contribution in [0.2, 0.25) is 0 Å². The molecule has 0 aliphatic carbocycles. The van der Waals surface area contributed by atoms with Crippen LogP contribution >= 0.6 is 22.9 Å². The number of halogens is 1. The summed E-state index contributed by atoms with van der Waals surface area (Å²) in [6, 6.07) is 0. The molecule has 0 unspecified atom stereocenters. The molecule has 0 aromatic rings. The number of hydrogen-bond donors (Lipinski definition) is 0. The van der Waals surface area contributed by atoms with E-state index in [1.807, 2.05) is 0 Å². The van der Waals surface area contributed by atoms with Crippen molar-refractivity contribution in [3.8, 4) is 0 Å². The molecule has 0 saturated heterocycles. The molecule has 0 aromatic carbocycles. The van der Waals surface area contributed by atoms with Gasteiger partial charge in [0.05, 0.1) is 22.9 Å². The molecule has 0 bridgehead atoms. The highest BCUT2D eigenvalue weighted by atomic mass is 127. The predicted octanol–water partition coefficient (Wildman–Crippen LogP) is 3.09. The van der Waals surface area contributed by atoms with E-state index in [9.17, 15) is 0 Å². The highest BCUT2D eigenvalue weighted by Gasteiger charge is 2.07. The average Bonchev–Trinajstić information content (AvgIpc) is 1.64. The van der Waals surface area contributed by atoms with Gasteiger partial charge in [-0.3, -0.25) is 0 Å². The average molecular weight is 239 g/mol. The first kappa shape index (κ1) is 9.40. The van der Waals surface area contributed by atoms with Gasteiger partial charge in [-0.15, -0.1) is 0 Å². The van der Waals surface area contributed by atoms with Crippen molar-refractivity contribution in [1.82, 2.24) is 0 Å². The maximum atomic E-state index is 4.17. The quantitative estimate of drug-likeness (QED) is 0.518. The summed E-state index contributed by atoms with van der Waals surface area (Å²) in [4.78, 5) is 0. The third-order valence-corrected chi connectivity index (χ3v) is 1.84. The third-order valence-electron chi connectivity index (χ3n) is 1.28. The molecule has 0 heterocycles. The van der Waals surface area contributed by atoms with Crippen molar-refractivity contribution in [2.24, 2.45) is 15.0 Å². The van der Waals surface area contributed by atoms with E-state index in [1.54, 1.807) is 0 Å². The van der Waals surface area contributed by atoms with Gasteiger partial charge in [0.25, 0.3) is 0 Å². The summed E-state index contributed by atoms with van der Waals surface area (Å²) in [5.41, 5.74) is 1.30. The second kappa shape index (κ2) is 4.25. The number of nitrogens with zero attached hydrogens (tertiary/aromatic N) is 1. The number of hydrogen-bond acceptors (Lipinski definition) is 1. The van der Waals surface area contributed by atoms with Gasteiger partial charge in [0.2, 0.25) is 0 Å². The second-order valence-corrected chi connectivity index (χ2v) is 3.30. The second-order valence-electron chi connectivity index (χ2n) is 2.82. The highest BCUT2D eigenvalue weighted by molar-refractivity contribution is 14.1. The molecule has 1 nitrogen and oxygen atoms in total. The minimum atomic E-state index is 0.599. The van der Waals surface area contributed by atoms with Crippen molar-refractivity contribution in [2.45, 2.75) is 27.7 Å². The Labute approximate surface area is 71.4 Å². The van der Waals surface area contributed by atoms with E-state index < -0.39 is 0 Å². The first-order chi connectivity index (χ1) is 4.09. The molecule has 0 fully saturated rings. The van der Waals surface area contributed by atoms with Crippen molar-refractivity contribution in [3.05, 3.63) is 0 Å². The van der Waals surface area contributed by atoms with E-state index in [1.165, 1.54) is 5.71 Å². The smallest absolute Gasteiger partial charge is 0.0830 e.